The fourth-order valence-corrected chi connectivity index (χ4v) is 1.87. The van der Waals surface area contributed by atoms with Crippen molar-refractivity contribution < 1.29 is 14.6 Å². The van der Waals surface area contributed by atoms with E-state index in [9.17, 15) is 9.90 Å². The highest BCUT2D eigenvalue weighted by molar-refractivity contribution is 5.58. The van der Waals surface area contributed by atoms with Gasteiger partial charge < -0.3 is 14.6 Å². The quantitative estimate of drug-likeness (QED) is 0.751. The first-order chi connectivity index (χ1) is 7.81. The van der Waals surface area contributed by atoms with E-state index < -0.39 is 12.3 Å². The van der Waals surface area contributed by atoms with Gasteiger partial charge in [0.25, 0.3) is 0 Å². The Bertz CT molecular complexity index is 341. The third-order valence-electron chi connectivity index (χ3n) is 2.75. The Balaban J connectivity index is 2.05. The molecule has 86 valence electrons. The summed E-state index contributed by atoms with van der Waals surface area (Å²) in [6.07, 6.45) is -0.262. The zero-order valence-corrected chi connectivity index (χ0v) is 8.95. The number of rotatable bonds is 3. The number of hydrogen-bond donors (Lipinski definition) is 1. The molecule has 1 fully saturated rings. The van der Waals surface area contributed by atoms with Crippen LogP contribution < -0.4 is 0 Å². The largest absolute Gasteiger partial charge is 0.366 e. The molecule has 2 rings (SSSR count). The van der Waals surface area contributed by atoms with Crippen molar-refractivity contribution in [2.45, 2.75) is 18.9 Å². The third-order valence-corrected chi connectivity index (χ3v) is 2.75. The second-order valence-corrected chi connectivity index (χ2v) is 3.84. The van der Waals surface area contributed by atoms with Gasteiger partial charge in [0.1, 0.15) is 12.3 Å². The molecule has 2 unspecified atom stereocenters. The Morgan fingerprint density at radius 1 is 1.44 bits per heavy atom. The molecule has 1 aromatic carbocycles. The standard InChI is InChI=1S/C12H15NO3/c14-9-11-12(15)16-7-6-13(11)8-10-4-2-1-3-5-10/h1-5,9,11-12,15H,6-8H2. The molecule has 1 N–H and O–H groups in total. The van der Waals surface area contributed by atoms with E-state index in [0.717, 1.165) is 11.8 Å². The highest BCUT2D eigenvalue weighted by Crippen LogP contribution is 2.14. The Kier molecular flexibility index (Phi) is 3.66. The van der Waals surface area contributed by atoms with Gasteiger partial charge in [0.05, 0.1) is 6.61 Å². The molecule has 1 aliphatic rings. The minimum atomic E-state index is -1.00. The molecule has 4 nitrogen and oxygen atoms in total. The van der Waals surface area contributed by atoms with Gasteiger partial charge >= 0.3 is 0 Å². The van der Waals surface area contributed by atoms with Crippen LogP contribution in [-0.2, 0) is 16.1 Å². The molecule has 0 aromatic heterocycles. The van der Waals surface area contributed by atoms with E-state index in [2.05, 4.69) is 0 Å². The van der Waals surface area contributed by atoms with Gasteiger partial charge in [-0.3, -0.25) is 4.90 Å². The van der Waals surface area contributed by atoms with Crippen LogP contribution in [-0.4, -0.2) is 41.8 Å². The van der Waals surface area contributed by atoms with Gasteiger partial charge in [0.15, 0.2) is 6.29 Å². The van der Waals surface area contributed by atoms with Gasteiger partial charge in [-0.1, -0.05) is 30.3 Å². The second kappa shape index (κ2) is 5.21. The van der Waals surface area contributed by atoms with E-state index in [1.807, 2.05) is 35.2 Å². The van der Waals surface area contributed by atoms with Crippen molar-refractivity contribution in [3.8, 4) is 0 Å². The van der Waals surface area contributed by atoms with Gasteiger partial charge in [-0.25, -0.2) is 0 Å². The number of ether oxygens (including phenoxy) is 1. The van der Waals surface area contributed by atoms with E-state index in [1.54, 1.807) is 0 Å². The Morgan fingerprint density at radius 3 is 2.88 bits per heavy atom. The molecule has 16 heavy (non-hydrogen) atoms. The number of carbonyl (C=O) groups is 1. The second-order valence-electron chi connectivity index (χ2n) is 3.84. The maximum Gasteiger partial charge on any atom is 0.177 e. The van der Waals surface area contributed by atoms with Crippen molar-refractivity contribution in [3.05, 3.63) is 35.9 Å². The average molecular weight is 221 g/mol. The molecule has 0 saturated carbocycles. The lowest BCUT2D eigenvalue weighted by molar-refractivity contribution is -0.180. The fraction of sp³-hybridized carbons (Fsp3) is 0.417. The summed E-state index contributed by atoms with van der Waals surface area (Å²) in [7, 11) is 0. The van der Waals surface area contributed by atoms with E-state index in [4.69, 9.17) is 4.74 Å². The van der Waals surface area contributed by atoms with Crippen molar-refractivity contribution in [2.24, 2.45) is 0 Å². The zero-order chi connectivity index (χ0) is 11.4. The summed E-state index contributed by atoms with van der Waals surface area (Å²) in [5.74, 6) is 0. The predicted octanol–water partition coefficient (Wildman–Crippen LogP) is 0.405. The molecule has 0 spiro atoms. The number of nitrogens with zero attached hydrogens (tertiary/aromatic N) is 1. The van der Waals surface area contributed by atoms with Crippen LogP contribution in [0.2, 0.25) is 0 Å². The monoisotopic (exact) mass is 221 g/mol. The van der Waals surface area contributed by atoms with Crippen molar-refractivity contribution in [1.29, 1.82) is 0 Å². The molecule has 2 atom stereocenters. The summed E-state index contributed by atoms with van der Waals surface area (Å²) >= 11 is 0. The number of aldehydes is 1. The lowest BCUT2D eigenvalue weighted by Gasteiger charge is -2.35. The summed E-state index contributed by atoms with van der Waals surface area (Å²) in [5, 5.41) is 9.52. The molecule has 0 bridgehead atoms. The predicted molar refractivity (Wildman–Crippen MR) is 58.7 cm³/mol. The fourth-order valence-electron chi connectivity index (χ4n) is 1.87. The zero-order valence-electron chi connectivity index (χ0n) is 8.95. The first-order valence-electron chi connectivity index (χ1n) is 5.34. The number of morpholine rings is 1. The maximum absolute atomic E-state index is 10.9. The molecule has 1 aliphatic heterocycles. The molecule has 0 amide bonds. The van der Waals surface area contributed by atoms with Crippen LogP contribution >= 0.6 is 0 Å². The number of aliphatic hydroxyl groups is 1. The molecule has 0 aliphatic carbocycles. The van der Waals surface area contributed by atoms with E-state index >= 15 is 0 Å². The first-order valence-corrected chi connectivity index (χ1v) is 5.34. The molecular formula is C12H15NO3. The van der Waals surface area contributed by atoms with Crippen molar-refractivity contribution in [1.82, 2.24) is 4.90 Å². The normalized spacial score (nSPS) is 26.6. The summed E-state index contributed by atoms with van der Waals surface area (Å²) < 4.78 is 5.03. The topological polar surface area (TPSA) is 49.8 Å². The van der Waals surface area contributed by atoms with Crippen LogP contribution in [0.4, 0.5) is 0 Å². The Morgan fingerprint density at radius 2 is 2.19 bits per heavy atom. The molecule has 4 heteroatoms. The Hall–Kier alpha value is -1.23. The minimum absolute atomic E-state index is 0.457. The lowest BCUT2D eigenvalue weighted by atomic mass is 10.1. The average Bonchev–Trinajstić information content (AvgIpc) is 2.31. The van der Waals surface area contributed by atoms with Crippen LogP contribution in [0.15, 0.2) is 30.3 Å². The summed E-state index contributed by atoms with van der Waals surface area (Å²) in [5.41, 5.74) is 1.13. The maximum atomic E-state index is 10.9. The summed E-state index contributed by atoms with van der Waals surface area (Å²) in [6, 6.07) is 9.32. The van der Waals surface area contributed by atoms with Gasteiger partial charge in [0, 0.05) is 13.1 Å². The molecular weight excluding hydrogens is 206 g/mol. The highest BCUT2D eigenvalue weighted by atomic mass is 16.6. The highest BCUT2D eigenvalue weighted by Gasteiger charge is 2.30. The van der Waals surface area contributed by atoms with Crippen LogP contribution in [0, 0.1) is 0 Å². The van der Waals surface area contributed by atoms with Crippen LogP contribution in [0.25, 0.3) is 0 Å². The SMILES string of the molecule is O=CC1C(O)OCCN1Cc1ccccc1. The number of carbonyl (C=O) groups excluding carboxylic acids is 1. The minimum Gasteiger partial charge on any atom is -0.366 e. The molecule has 0 radical (unpaired) electrons. The Labute approximate surface area is 94.4 Å². The summed E-state index contributed by atoms with van der Waals surface area (Å²) in [6.45, 7) is 1.78. The molecule has 1 aromatic rings. The number of aliphatic hydroxyl groups excluding tert-OH is 1. The van der Waals surface area contributed by atoms with Crippen LogP contribution in [0.1, 0.15) is 5.56 Å². The lowest BCUT2D eigenvalue weighted by Crippen LogP contribution is -2.51. The van der Waals surface area contributed by atoms with Crippen LogP contribution in [0.3, 0.4) is 0 Å². The van der Waals surface area contributed by atoms with E-state index in [1.165, 1.54) is 0 Å². The van der Waals surface area contributed by atoms with Crippen molar-refractivity contribution in [3.63, 3.8) is 0 Å². The van der Waals surface area contributed by atoms with Gasteiger partial charge in [0.2, 0.25) is 0 Å². The molecule has 1 heterocycles. The van der Waals surface area contributed by atoms with Crippen molar-refractivity contribution in [2.75, 3.05) is 13.2 Å². The smallest absolute Gasteiger partial charge is 0.177 e. The van der Waals surface area contributed by atoms with Crippen molar-refractivity contribution >= 4 is 6.29 Å². The van der Waals surface area contributed by atoms with E-state index in [-0.39, 0.29) is 0 Å². The first kappa shape index (κ1) is 11.3. The van der Waals surface area contributed by atoms with E-state index in [0.29, 0.717) is 19.7 Å². The number of benzene rings is 1. The van der Waals surface area contributed by atoms with Crippen LogP contribution in [0.5, 0.6) is 0 Å². The molecule has 1 saturated heterocycles. The van der Waals surface area contributed by atoms with Gasteiger partial charge in [-0.15, -0.1) is 0 Å². The summed E-state index contributed by atoms with van der Waals surface area (Å²) in [4.78, 5) is 12.8. The third kappa shape index (κ3) is 2.47. The van der Waals surface area contributed by atoms with Gasteiger partial charge in [-0.2, -0.15) is 0 Å². The van der Waals surface area contributed by atoms with Gasteiger partial charge in [-0.05, 0) is 5.56 Å². The number of hydrogen-bond acceptors (Lipinski definition) is 4.